The highest BCUT2D eigenvalue weighted by Crippen LogP contribution is 2.31. The molecule has 28 heavy (non-hydrogen) atoms. The molecule has 2 aliphatic rings. The van der Waals surface area contributed by atoms with Gasteiger partial charge in [0.05, 0.1) is 13.2 Å². The van der Waals surface area contributed by atoms with Crippen molar-refractivity contribution < 1.29 is 9.53 Å². The number of carbonyl (C=O) groups is 1. The molecule has 0 bridgehead atoms. The lowest BCUT2D eigenvalue weighted by molar-refractivity contribution is -0.132. The monoisotopic (exact) mass is 378 g/mol. The second kappa shape index (κ2) is 8.78. The van der Waals surface area contributed by atoms with E-state index in [9.17, 15) is 4.79 Å². The summed E-state index contributed by atoms with van der Waals surface area (Å²) in [5.74, 6) is 1.80. The molecule has 4 nitrogen and oxygen atoms in total. The molecule has 0 aromatic heterocycles. The van der Waals surface area contributed by atoms with Crippen molar-refractivity contribution in [2.75, 3.05) is 26.7 Å². The van der Waals surface area contributed by atoms with E-state index in [4.69, 9.17) is 4.74 Å². The molecule has 0 spiro atoms. The molecular weight excluding hydrogens is 348 g/mol. The number of amides is 1. The van der Waals surface area contributed by atoms with Gasteiger partial charge in [0.1, 0.15) is 5.75 Å². The van der Waals surface area contributed by atoms with E-state index >= 15 is 0 Å². The van der Waals surface area contributed by atoms with E-state index in [1.807, 2.05) is 23.1 Å². The fourth-order valence-electron chi connectivity index (χ4n) is 4.66. The van der Waals surface area contributed by atoms with Gasteiger partial charge >= 0.3 is 0 Å². The number of hydrogen-bond donors (Lipinski definition) is 0. The molecule has 1 amide bonds. The smallest absolute Gasteiger partial charge is 0.240 e. The van der Waals surface area contributed by atoms with Crippen LogP contribution in [0, 0.1) is 0 Å². The van der Waals surface area contributed by atoms with Crippen LogP contribution in [0.1, 0.15) is 42.7 Å². The normalized spacial score (nSPS) is 23.6. The van der Waals surface area contributed by atoms with Crippen LogP contribution in [-0.2, 0) is 11.3 Å². The van der Waals surface area contributed by atoms with E-state index in [0.29, 0.717) is 11.8 Å². The zero-order valence-electron chi connectivity index (χ0n) is 16.7. The van der Waals surface area contributed by atoms with Crippen LogP contribution < -0.4 is 4.74 Å². The Kier molecular flexibility index (Phi) is 5.96. The minimum atomic E-state index is 0.0679. The Morgan fingerprint density at radius 2 is 1.71 bits per heavy atom. The van der Waals surface area contributed by atoms with Gasteiger partial charge in [0, 0.05) is 13.1 Å². The van der Waals surface area contributed by atoms with E-state index in [1.165, 1.54) is 17.5 Å². The van der Waals surface area contributed by atoms with E-state index in [2.05, 4.69) is 41.3 Å². The van der Waals surface area contributed by atoms with Gasteiger partial charge in [0.25, 0.3) is 0 Å². The Bertz CT molecular complexity index is 775. The number of benzene rings is 2. The molecule has 2 heterocycles. The van der Waals surface area contributed by atoms with Crippen LogP contribution in [0.5, 0.6) is 5.75 Å². The lowest BCUT2D eigenvalue weighted by Gasteiger charge is -2.26. The van der Waals surface area contributed by atoms with Gasteiger partial charge in [-0.1, -0.05) is 42.5 Å². The van der Waals surface area contributed by atoms with Gasteiger partial charge in [-0.3, -0.25) is 9.69 Å². The summed E-state index contributed by atoms with van der Waals surface area (Å²) in [5.41, 5.74) is 2.61. The van der Waals surface area contributed by atoms with Crippen LogP contribution in [0.2, 0.25) is 0 Å². The zero-order valence-corrected chi connectivity index (χ0v) is 16.7. The molecule has 148 valence electrons. The first-order chi connectivity index (χ1) is 13.7. The largest absolute Gasteiger partial charge is 0.497 e. The molecular formula is C24H30N2O2. The second-order valence-electron chi connectivity index (χ2n) is 7.99. The van der Waals surface area contributed by atoms with Gasteiger partial charge in [-0.05, 0) is 68.0 Å². The predicted octanol–water partition coefficient (Wildman–Crippen LogP) is 4.07. The number of likely N-dealkylation sites (tertiary alicyclic amines) is 2. The van der Waals surface area contributed by atoms with Crippen molar-refractivity contribution in [3.8, 4) is 5.75 Å². The zero-order chi connectivity index (χ0) is 19.3. The third-order valence-corrected chi connectivity index (χ3v) is 6.28. The molecule has 2 aromatic rings. The Labute approximate surface area is 168 Å². The van der Waals surface area contributed by atoms with E-state index in [1.54, 1.807) is 7.11 Å². The molecule has 0 saturated carbocycles. The minimum Gasteiger partial charge on any atom is -0.497 e. The average molecular weight is 379 g/mol. The first kappa shape index (κ1) is 19.0. The third kappa shape index (κ3) is 4.22. The number of hydrogen-bond acceptors (Lipinski definition) is 3. The van der Waals surface area contributed by atoms with Gasteiger partial charge in [-0.25, -0.2) is 0 Å². The summed E-state index contributed by atoms with van der Waals surface area (Å²) < 4.78 is 5.28. The summed E-state index contributed by atoms with van der Waals surface area (Å²) in [6.45, 7) is 3.64. The quantitative estimate of drug-likeness (QED) is 0.786. The molecule has 2 aromatic carbocycles. The summed E-state index contributed by atoms with van der Waals surface area (Å²) in [7, 11) is 1.71. The highest BCUT2D eigenvalue weighted by atomic mass is 16.5. The van der Waals surface area contributed by atoms with Crippen LogP contribution in [0.3, 0.4) is 0 Å². The van der Waals surface area contributed by atoms with Crippen molar-refractivity contribution >= 4 is 5.91 Å². The SMILES string of the molecule is COc1ccc(C2CCCN(C3CCN(Cc4ccccc4)C3=O)CC2)cc1. The third-order valence-electron chi connectivity index (χ3n) is 6.28. The van der Waals surface area contributed by atoms with E-state index in [-0.39, 0.29) is 6.04 Å². The summed E-state index contributed by atoms with van der Waals surface area (Å²) in [4.78, 5) is 17.5. The summed E-state index contributed by atoms with van der Waals surface area (Å²) >= 11 is 0. The van der Waals surface area contributed by atoms with Crippen molar-refractivity contribution in [3.05, 3.63) is 65.7 Å². The molecule has 2 aliphatic heterocycles. The molecule has 2 atom stereocenters. The van der Waals surface area contributed by atoms with Crippen LogP contribution in [0.25, 0.3) is 0 Å². The number of methoxy groups -OCH3 is 1. The number of nitrogens with zero attached hydrogens (tertiary/aromatic N) is 2. The van der Waals surface area contributed by atoms with Gasteiger partial charge in [0.2, 0.25) is 5.91 Å². The van der Waals surface area contributed by atoms with Gasteiger partial charge in [-0.15, -0.1) is 0 Å². The Morgan fingerprint density at radius 3 is 2.46 bits per heavy atom. The summed E-state index contributed by atoms with van der Waals surface area (Å²) in [5, 5.41) is 0. The molecule has 2 saturated heterocycles. The summed E-state index contributed by atoms with van der Waals surface area (Å²) in [6, 6.07) is 18.9. The van der Waals surface area contributed by atoms with Crippen molar-refractivity contribution in [1.82, 2.24) is 9.80 Å². The maximum atomic E-state index is 13.0. The first-order valence-corrected chi connectivity index (χ1v) is 10.5. The molecule has 0 radical (unpaired) electrons. The van der Waals surface area contributed by atoms with Crippen LogP contribution in [0.4, 0.5) is 0 Å². The highest BCUT2D eigenvalue weighted by molar-refractivity contribution is 5.84. The minimum absolute atomic E-state index is 0.0679. The fraction of sp³-hybridized carbons (Fsp3) is 0.458. The molecule has 4 heteroatoms. The Morgan fingerprint density at radius 1 is 0.929 bits per heavy atom. The molecule has 2 unspecified atom stereocenters. The predicted molar refractivity (Wildman–Crippen MR) is 111 cm³/mol. The fourth-order valence-corrected chi connectivity index (χ4v) is 4.66. The van der Waals surface area contributed by atoms with E-state index in [0.717, 1.165) is 51.2 Å². The highest BCUT2D eigenvalue weighted by Gasteiger charge is 2.36. The lowest BCUT2D eigenvalue weighted by atomic mass is 9.92. The van der Waals surface area contributed by atoms with Gasteiger partial charge < -0.3 is 9.64 Å². The Balaban J connectivity index is 1.35. The average Bonchev–Trinajstić information content (AvgIpc) is 2.94. The first-order valence-electron chi connectivity index (χ1n) is 10.5. The topological polar surface area (TPSA) is 32.8 Å². The number of rotatable bonds is 5. The molecule has 2 fully saturated rings. The number of carbonyl (C=O) groups excluding carboxylic acids is 1. The van der Waals surface area contributed by atoms with Crippen LogP contribution in [-0.4, -0.2) is 48.5 Å². The lowest BCUT2D eigenvalue weighted by Crippen LogP contribution is -2.42. The standard InChI is InChI=1S/C24H30N2O2/c1-28-22-11-9-21(10-12-22)20-8-5-15-25(16-13-20)23-14-17-26(24(23)27)18-19-6-3-2-4-7-19/h2-4,6-7,9-12,20,23H,5,8,13-18H2,1H3. The Hall–Kier alpha value is -2.33. The maximum absolute atomic E-state index is 13.0. The molecule has 0 N–H and O–H groups in total. The maximum Gasteiger partial charge on any atom is 0.240 e. The number of ether oxygens (including phenoxy) is 1. The second-order valence-corrected chi connectivity index (χ2v) is 7.99. The van der Waals surface area contributed by atoms with Crippen molar-refractivity contribution in [2.45, 2.75) is 44.2 Å². The van der Waals surface area contributed by atoms with Crippen LogP contribution >= 0.6 is 0 Å². The van der Waals surface area contributed by atoms with Crippen molar-refractivity contribution in [1.29, 1.82) is 0 Å². The van der Waals surface area contributed by atoms with Crippen molar-refractivity contribution in [3.63, 3.8) is 0 Å². The van der Waals surface area contributed by atoms with Gasteiger partial charge in [-0.2, -0.15) is 0 Å². The molecule has 4 rings (SSSR count). The summed E-state index contributed by atoms with van der Waals surface area (Å²) in [6.07, 6.45) is 4.42. The van der Waals surface area contributed by atoms with E-state index < -0.39 is 0 Å². The molecule has 0 aliphatic carbocycles. The van der Waals surface area contributed by atoms with Crippen LogP contribution in [0.15, 0.2) is 54.6 Å². The van der Waals surface area contributed by atoms with Crippen molar-refractivity contribution in [2.24, 2.45) is 0 Å². The van der Waals surface area contributed by atoms with Gasteiger partial charge in [0.15, 0.2) is 0 Å².